The molecule has 1 aliphatic rings. The fourth-order valence-electron chi connectivity index (χ4n) is 5.05. The van der Waals surface area contributed by atoms with Gasteiger partial charge in [0.2, 0.25) is 5.91 Å². The Labute approximate surface area is 227 Å². The molecule has 4 aromatic rings. The van der Waals surface area contributed by atoms with E-state index in [-0.39, 0.29) is 18.0 Å². The predicted molar refractivity (Wildman–Crippen MR) is 153 cm³/mol. The highest BCUT2D eigenvalue weighted by Crippen LogP contribution is 2.45. The smallest absolute Gasteiger partial charge is 0.224 e. The van der Waals surface area contributed by atoms with Gasteiger partial charge in [-0.3, -0.25) is 9.78 Å². The third-order valence-electron chi connectivity index (χ3n) is 6.82. The maximum absolute atomic E-state index is 12.0. The van der Waals surface area contributed by atoms with Crippen molar-refractivity contribution in [1.29, 1.82) is 0 Å². The molecular formula is C29H30N6O2S. The molecule has 9 heteroatoms. The number of nitrogens with zero attached hydrogens (tertiary/aromatic N) is 4. The van der Waals surface area contributed by atoms with Gasteiger partial charge in [-0.25, -0.2) is 4.98 Å². The van der Waals surface area contributed by atoms with Gasteiger partial charge >= 0.3 is 0 Å². The van der Waals surface area contributed by atoms with Crippen LogP contribution in [0, 0.1) is 13.8 Å². The number of thiocarbonyl (C=S) groups is 1. The monoisotopic (exact) mass is 526 g/mol. The average Bonchev–Trinajstić information content (AvgIpc) is 3.44. The minimum Gasteiger partial charge on any atom is -0.494 e. The molecule has 5 rings (SSSR count). The summed E-state index contributed by atoms with van der Waals surface area (Å²) < 4.78 is 7.81. The van der Waals surface area contributed by atoms with E-state index in [2.05, 4.69) is 50.0 Å². The number of hydrogen-bond acceptors (Lipinski definition) is 5. The van der Waals surface area contributed by atoms with Crippen LogP contribution in [0.2, 0.25) is 0 Å². The quantitative estimate of drug-likeness (QED) is 0.311. The number of anilines is 2. The van der Waals surface area contributed by atoms with Crippen LogP contribution in [0.5, 0.6) is 5.75 Å². The van der Waals surface area contributed by atoms with Gasteiger partial charge in [0.05, 0.1) is 30.6 Å². The normalized spacial score (nSPS) is 16.8. The summed E-state index contributed by atoms with van der Waals surface area (Å²) in [5, 5.41) is 7.00. The van der Waals surface area contributed by atoms with Gasteiger partial charge in [0, 0.05) is 42.0 Å². The third-order valence-corrected chi connectivity index (χ3v) is 7.14. The summed E-state index contributed by atoms with van der Waals surface area (Å²) in [4.78, 5) is 23.4. The number of hydrogen-bond donors (Lipinski definition) is 2. The molecule has 1 aromatic carbocycles. The molecule has 0 bridgehead atoms. The second-order valence-corrected chi connectivity index (χ2v) is 9.52. The lowest BCUT2D eigenvalue weighted by Gasteiger charge is -2.28. The van der Waals surface area contributed by atoms with Crippen LogP contribution in [-0.4, -0.2) is 32.7 Å². The molecular weight excluding hydrogens is 496 g/mol. The van der Waals surface area contributed by atoms with E-state index in [1.165, 1.54) is 0 Å². The lowest BCUT2D eigenvalue weighted by molar-refractivity contribution is -0.115. The first kappa shape index (κ1) is 25.4. The zero-order valence-electron chi connectivity index (χ0n) is 21.8. The second-order valence-electron chi connectivity index (χ2n) is 9.13. The third kappa shape index (κ3) is 4.61. The second kappa shape index (κ2) is 10.6. The summed E-state index contributed by atoms with van der Waals surface area (Å²) in [7, 11) is 1.59. The molecule has 1 fully saturated rings. The number of rotatable bonds is 7. The minimum atomic E-state index is -0.193. The van der Waals surface area contributed by atoms with E-state index < -0.39 is 0 Å². The number of aryl methyl sites for hydroxylation is 1. The molecule has 3 aromatic heterocycles. The SMILES string of the molecule is CCC(=O)Nc1ccc(N2C(=S)N[C@H](c3ccccn3)[C@@H]2c2cc(C)n(-c3ccccn3)c2C)cc1OC. The van der Waals surface area contributed by atoms with Gasteiger partial charge < -0.3 is 24.8 Å². The van der Waals surface area contributed by atoms with E-state index in [0.717, 1.165) is 34.2 Å². The van der Waals surface area contributed by atoms with Gasteiger partial charge in [-0.05, 0) is 74.1 Å². The van der Waals surface area contributed by atoms with Crippen molar-refractivity contribution in [2.75, 3.05) is 17.3 Å². The number of aromatic nitrogens is 3. The molecule has 1 amide bonds. The van der Waals surface area contributed by atoms with Crippen LogP contribution in [0.1, 0.15) is 48.1 Å². The lowest BCUT2D eigenvalue weighted by atomic mass is 9.96. The maximum atomic E-state index is 12.0. The zero-order valence-corrected chi connectivity index (χ0v) is 22.6. The van der Waals surface area contributed by atoms with Crippen LogP contribution >= 0.6 is 12.2 Å². The van der Waals surface area contributed by atoms with Crippen LogP contribution in [0.15, 0.2) is 73.1 Å². The summed E-state index contributed by atoms with van der Waals surface area (Å²) in [5.74, 6) is 1.34. The Kier molecular flexibility index (Phi) is 7.11. The van der Waals surface area contributed by atoms with E-state index in [1.54, 1.807) is 19.5 Å². The molecule has 0 radical (unpaired) electrons. The fraction of sp³-hybridized carbons (Fsp3) is 0.241. The molecule has 2 atom stereocenters. The van der Waals surface area contributed by atoms with Gasteiger partial charge in [-0.1, -0.05) is 19.1 Å². The van der Waals surface area contributed by atoms with Gasteiger partial charge in [0.15, 0.2) is 5.11 Å². The Morgan fingerprint density at radius 3 is 2.50 bits per heavy atom. The molecule has 0 saturated carbocycles. The van der Waals surface area contributed by atoms with E-state index in [1.807, 2.05) is 61.5 Å². The number of methoxy groups -OCH3 is 1. The van der Waals surface area contributed by atoms with Crippen molar-refractivity contribution >= 4 is 34.6 Å². The van der Waals surface area contributed by atoms with Crippen molar-refractivity contribution < 1.29 is 9.53 Å². The first-order chi connectivity index (χ1) is 18.4. The van der Waals surface area contributed by atoms with Gasteiger partial charge in [-0.15, -0.1) is 0 Å². The summed E-state index contributed by atoms with van der Waals surface area (Å²) in [6.07, 6.45) is 3.98. The van der Waals surface area contributed by atoms with Crippen molar-refractivity contribution in [2.45, 2.75) is 39.3 Å². The van der Waals surface area contributed by atoms with Crippen molar-refractivity contribution in [3.8, 4) is 11.6 Å². The van der Waals surface area contributed by atoms with Crippen LogP contribution in [0.25, 0.3) is 5.82 Å². The molecule has 8 nitrogen and oxygen atoms in total. The Bertz CT molecular complexity index is 1470. The number of benzene rings is 1. The predicted octanol–water partition coefficient (Wildman–Crippen LogP) is 5.42. The van der Waals surface area contributed by atoms with Crippen LogP contribution < -0.4 is 20.3 Å². The summed E-state index contributed by atoms with van der Waals surface area (Å²) >= 11 is 5.91. The number of ether oxygens (including phenoxy) is 1. The molecule has 1 saturated heterocycles. The molecule has 38 heavy (non-hydrogen) atoms. The first-order valence-corrected chi connectivity index (χ1v) is 12.9. The largest absolute Gasteiger partial charge is 0.494 e. The van der Waals surface area contributed by atoms with Crippen molar-refractivity contribution in [2.24, 2.45) is 0 Å². The fourth-order valence-corrected chi connectivity index (χ4v) is 5.39. The summed E-state index contributed by atoms with van der Waals surface area (Å²) in [5.41, 5.74) is 5.61. The van der Waals surface area contributed by atoms with E-state index >= 15 is 0 Å². The highest BCUT2D eigenvalue weighted by atomic mass is 32.1. The molecule has 0 spiro atoms. The molecule has 0 aliphatic carbocycles. The van der Waals surface area contributed by atoms with Gasteiger partial charge in [0.1, 0.15) is 11.6 Å². The Morgan fingerprint density at radius 2 is 1.84 bits per heavy atom. The highest BCUT2D eigenvalue weighted by Gasteiger charge is 2.42. The maximum Gasteiger partial charge on any atom is 0.224 e. The van der Waals surface area contributed by atoms with E-state index in [0.29, 0.717) is 23.0 Å². The number of nitrogens with one attached hydrogen (secondary N) is 2. The standard InChI is InChI=1S/C29H30N6O2S/c1-5-26(36)32-22-13-12-20(17-24(22)37-4)35-28(27(33-29(35)38)23-10-6-8-14-30-23)21-16-18(2)34(19(21)3)25-11-7-9-15-31-25/h6-17,27-28H,5H2,1-4H3,(H,32,36)(H,33,38)/t27-,28+/m1/s1. The van der Waals surface area contributed by atoms with Crippen LogP contribution in [-0.2, 0) is 4.79 Å². The van der Waals surface area contributed by atoms with E-state index in [4.69, 9.17) is 17.0 Å². The molecule has 1 aliphatic heterocycles. The van der Waals surface area contributed by atoms with Crippen molar-refractivity contribution in [3.05, 3.63) is 95.7 Å². The van der Waals surface area contributed by atoms with Crippen LogP contribution in [0.3, 0.4) is 0 Å². The Hall–Kier alpha value is -4.24. The first-order valence-electron chi connectivity index (χ1n) is 12.5. The molecule has 0 unspecified atom stereocenters. The Morgan fingerprint density at radius 1 is 1.08 bits per heavy atom. The van der Waals surface area contributed by atoms with Crippen molar-refractivity contribution in [3.63, 3.8) is 0 Å². The summed E-state index contributed by atoms with van der Waals surface area (Å²) in [6.45, 7) is 6.00. The van der Waals surface area contributed by atoms with Crippen LogP contribution in [0.4, 0.5) is 11.4 Å². The lowest BCUT2D eigenvalue weighted by Crippen LogP contribution is -2.29. The number of amides is 1. The number of carbonyl (C=O) groups is 1. The van der Waals surface area contributed by atoms with E-state index in [9.17, 15) is 4.79 Å². The summed E-state index contributed by atoms with van der Waals surface area (Å²) in [6, 6.07) is 19.3. The van der Waals surface area contributed by atoms with Crippen molar-refractivity contribution in [1.82, 2.24) is 19.9 Å². The molecule has 2 N–H and O–H groups in total. The molecule has 4 heterocycles. The van der Waals surface area contributed by atoms with Gasteiger partial charge in [-0.2, -0.15) is 0 Å². The number of carbonyl (C=O) groups excluding carboxylic acids is 1. The van der Waals surface area contributed by atoms with Gasteiger partial charge in [0.25, 0.3) is 0 Å². The minimum absolute atomic E-state index is 0.0792. The number of pyridine rings is 2. The molecule has 194 valence electrons. The highest BCUT2D eigenvalue weighted by molar-refractivity contribution is 7.80. The topological polar surface area (TPSA) is 84.3 Å². The Balaban J connectivity index is 1.64. The average molecular weight is 527 g/mol. The zero-order chi connectivity index (χ0) is 26.8.